The second kappa shape index (κ2) is 10.1. The molecule has 1 atom stereocenters. The van der Waals surface area contributed by atoms with Gasteiger partial charge in [0.05, 0.1) is 6.42 Å². The predicted molar refractivity (Wildman–Crippen MR) is 106 cm³/mol. The quantitative estimate of drug-likeness (QED) is 0.750. The number of piperidine rings is 1. The minimum atomic E-state index is -0.993. The maximum atomic E-state index is 12.2. The van der Waals surface area contributed by atoms with Crippen LogP contribution in [0.5, 0.6) is 0 Å². The number of nitrogens with zero attached hydrogens (tertiary/aromatic N) is 1. The van der Waals surface area contributed by atoms with Crippen LogP contribution in [0.25, 0.3) is 0 Å². The molecule has 8 nitrogen and oxygen atoms in total. The van der Waals surface area contributed by atoms with Gasteiger partial charge in [-0.2, -0.15) is 0 Å². The third kappa shape index (κ3) is 8.01. The number of carboxylic acid groups (broad SMARTS) is 1. The number of rotatable bonds is 6. The van der Waals surface area contributed by atoms with Gasteiger partial charge in [0.25, 0.3) is 0 Å². The van der Waals surface area contributed by atoms with E-state index in [9.17, 15) is 19.5 Å². The number of aliphatic carboxylic acids is 1. The largest absolute Gasteiger partial charge is 0.481 e. The number of alkyl carbamates (subject to hydrolysis) is 1. The average molecular weight is 406 g/mol. The lowest BCUT2D eigenvalue weighted by molar-refractivity contribution is -0.138. The highest BCUT2D eigenvalue weighted by atomic mass is 16.6. The van der Waals surface area contributed by atoms with Crippen molar-refractivity contribution in [2.75, 3.05) is 13.1 Å². The van der Waals surface area contributed by atoms with Crippen molar-refractivity contribution in [3.8, 4) is 0 Å². The SMILES string of the molecule is CC(C)(C)OC(=O)N1CCC(C(CC(=O)O)NC(=O)OCc2ccccc2)CC1. The molecule has 0 aromatic heterocycles. The first-order valence-electron chi connectivity index (χ1n) is 9.81. The van der Waals surface area contributed by atoms with Gasteiger partial charge in [-0.3, -0.25) is 4.79 Å². The Hall–Kier alpha value is -2.77. The zero-order chi connectivity index (χ0) is 21.4. The fourth-order valence-corrected chi connectivity index (χ4v) is 3.25. The number of amides is 2. The lowest BCUT2D eigenvalue weighted by Gasteiger charge is -2.36. The maximum Gasteiger partial charge on any atom is 0.410 e. The van der Waals surface area contributed by atoms with Crippen LogP contribution in [-0.2, 0) is 20.9 Å². The van der Waals surface area contributed by atoms with E-state index in [0.29, 0.717) is 25.9 Å². The molecular formula is C21H30N2O6. The smallest absolute Gasteiger partial charge is 0.410 e. The lowest BCUT2D eigenvalue weighted by atomic mass is 9.87. The molecule has 0 spiro atoms. The minimum Gasteiger partial charge on any atom is -0.481 e. The van der Waals surface area contributed by atoms with Crippen molar-refractivity contribution < 1.29 is 29.0 Å². The van der Waals surface area contributed by atoms with E-state index in [0.717, 1.165) is 5.56 Å². The number of likely N-dealkylation sites (tertiary alicyclic amines) is 1. The molecule has 1 unspecified atom stereocenters. The minimum absolute atomic E-state index is 0.0611. The van der Waals surface area contributed by atoms with E-state index in [1.54, 1.807) is 4.90 Å². The van der Waals surface area contributed by atoms with Gasteiger partial charge in [-0.05, 0) is 45.1 Å². The summed E-state index contributed by atoms with van der Waals surface area (Å²) in [5, 5.41) is 11.9. The zero-order valence-corrected chi connectivity index (χ0v) is 17.2. The Kier molecular flexibility index (Phi) is 7.87. The Balaban J connectivity index is 1.87. The summed E-state index contributed by atoms with van der Waals surface area (Å²) in [7, 11) is 0. The van der Waals surface area contributed by atoms with Gasteiger partial charge in [-0.25, -0.2) is 9.59 Å². The van der Waals surface area contributed by atoms with Crippen molar-refractivity contribution in [3.63, 3.8) is 0 Å². The second-order valence-electron chi connectivity index (χ2n) is 8.22. The Morgan fingerprint density at radius 1 is 1.17 bits per heavy atom. The van der Waals surface area contributed by atoms with Crippen LogP contribution in [0.2, 0.25) is 0 Å². The number of hydrogen-bond donors (Lipinski definition) is 2. The third-order valence-electron chi connectivity index (χ3n) is 4.67. The normalized spacial score (nSPS) is 16.0. The highest BCUT2D eigenvalue weighted by molar-refractivity contribution is 5.71. The Labute approximate surface area is 171 Å². The number of nitrogens with one attached hydrogen (secondary N) is 1. The molecule has 1 heterocycles. The number of carboxylic acids is 1. The van der Waals surface area contributed by atoms with Crippen LogP contribution in [0, 0.1) is 5.92 Å². The number of carbonyl (C=O) groups is 3. The molecule has 1 aromatic rings. The van der Waals surface area contributed by atoms with Crippen molar-refractivity contribution >= 4 is 18.2 Å². The van der Waals surface area contributed by atoms with Crippen LogP contribution in [0.3, 0.4) is 0 Å². The molecule has 1 aliphatic rings. The second-order valence-corrected chi connectivity index (χ2v) is 8.22. The van der Waals surface area contributed by atoms with Crippen molar-refractivity contribution in [2.45, 2.75) is 58.3 Å². The summed E-state index contributed by atoms with van der Waals surface area (Å²) in [6, 6.07) is 8.69. The summed E-state index contributed by atoms with van der Waals surface area (Å²) in [5.41, 5.74) is 0.284. The van der Waals surface area contributed by atoms with E-state index in [1.807, 2.05) is 51.1 Å². The molecule has 8 heteroatoms. The molecule has 1 saturated heterocycles. The summed E-state index contributed by atoms with van der Waals surface area (Å²) >= 11 is 0. The van der Waals surface area contributed by atoms with Gasteiger partial charge >= 0.3 is 18.2 Å². The Morgan fingerprint density at radius 2 is 1.79 bits per heavy atom. The first kappa shape index (κ1) is 22.5. The molecular weight excluding hydrogens is 376 g/mol. The first-order chi connectivity index (χ1) is 13.6. The number of ether oxygens (including phenoxy) is 2. The molecule has 2 amide bonds. The molecule has 0 saturated carbocycles. The third-order valence-corrected chi connectivity index (χ3v) is 4.67. The average Bonchev–Trinajstić information content (AvgIpc) is 2.65. The topological polar surface area (TPSA) is 105 Å². The van der Waals surface area contributed by atoms with Crippen LogP contribution in [0.4, 0.5) is 9.59 Å². The Morgan fingerprint density at radius 3 is 2.34 bits per heavy atom. The van der Waals surface area contributed by atoms with E-state index < -0.39 is 23.7 Å². The summed E-state index contributed by atoms with van der Waals surface area (Å²) in [5.74, 6) is -1.05. The maximum absolute atomic E-state index is 12.2. The van der Waals surface area contributed by atoms with Crippen LogP contribution in [0.1, 0.15) is 45.6 Å². The van der Waals surface area contributed by atoms with Gasteiger partial charge in [0.2, 0.25) is 0 Å². The highest BCUT2D eigenvalue weighted by Gasteiger charge is 2.32. The van der Waals surface area contributed by atoms with Crippen molar-refractivity contribution in [2.24, 2.45) is 5.92 Å². The van der Waals surface area contributed by atoms with Gasteiger partial charge in [0.15, 0.2) is 0 Å². The molecule has 160 valence electrons. The van der Waals surface area contributed by atoms with E-state index in [1.165, 1.54) is 0 Å². The van der Waals surface area contributed by atoms with Crippen LogP contribution < -0.4 is 5.32 Å². The van der Waals surface area contributed by atoms with Gasteiger partial charge in [0.1, 0.15) is 12.2 Å². The van der Waals surface area contributed by atoms with Gasteiger partial charge < -0.3 is 24.8 Å². The molecule has 2 rings (SSSR count). The molecule has 29 heavy (non-hydrogen) atoms. The molecule has 0 radical (unpaired) electrons. The van der Waals surface area contributed by atoms with Crippen LogP contribution >= 0.6 is 0 Å². The molecule has 2 N–H and O–H groups in total. The Bertz CT molecular complexity index is 693. The fourth-order valence-electron chi connectivity index (χ4n) is 3.25. The fraction of sp³-hybridized carbons (Fsp3) is 0.571. The standard InChI is InChI=1S/C21H30N2O6/c1-21(2,3)29-20(27)23-11-9-16(10-12-23)17(13-18(24)25)22-19(26)28-14-15-7-5-4-6-8-15/h4-8,16-17H,9-14H2,1-3H3,(H,22,26)(H,24,25). The summed E-state index contributed by atoms with van der Waals surface area (Å²) in [6.45, 7) is 6.46. The van der Waals surface area contributed by atoms with Crippen molar-refractivity contribution in [1.29, 1.82) is 0 Å². The van der Waals surface area contributed by atoms with E-state index in [-0.39, 0.29) is 25.0 Å². The molecule has 1 aliphatic heterocycles. The van der Waals surface area contributed by atoms with E-state index in [4.69, 9.17) is 9.47 Å². The van der Waals surface area contributed by atoms with Gasteiger partial charge in [0, 0.05) is 19.1 Å². The molecule has 0 aliphatic carbocycles. The van der Waals surface area contributed by atoms with Gasteiger partial charge in [-0.1, -0.05) is 30.3 Å². The summed E-state index contributed by atoms with van der Waals surface area (Å²) in [4.78, 5) is 37.2. The van der Waals surface area contributed by atoms with Crippen LogP contribution in [0.15, 0.2) is 30.3 Å². The highest BCUT2D eigenvalue weighted by Crippen LogP contribution is 2.24. The first-order valence-corrected chi connectivity index (χ1v) is 9.81. The molecule has 0 bridgehead atoms. The van der Waals surface area contributed by atoms with Gasteiger partial charge in [-0.15, -0.1) is 0 Å². The van der Waals surface area contributed by atoms with E-state index >= 15 is 0 Å². The molecule has 1 fully saturated rings. The number of benzene rings is 1. The van der Waals surface area contributed by atoms with E-state index in [2.05, 4.69) is 5.32 Å². The molecule has 1 aromatic carbocycles. The van der Waals surface area contributed by atoms with Crippen molar-refractivity contribution in [1.82, 2.24) is 10.2 Å². The number of carbonyl (C=O) groups excluding carboxylic acids is 2. The predicted octanol–water partition coefficient (Wildman–Crippen LogP) is 3.40. The number of hydrogen-bond acceptors (Lipinski definition) is 5. The lowest BCUT2D eigenvalue weighted by Crippen LogP contribution is -2.48. The zero-order valence-electron chi connectivity index (χ0n) is 17.2. The summed E-state index contributed by atoms with van der Waals surface area (Å²) < 4.78 is 10.6. The summed E-state index contributed by atoms with van der Waals surface area (Å²) in [6.07, 6.45) is -0.0558. The van der Waals surface area contributed by atoms with Crippen molar-refractivity contribution in [3.05, 3.63) is 35.9 Å². The van der Waals surface area contributed by atoms with Crippen LogP contribution in [-0.4, -0.2) is 52.9 Å². The monoisotopic (exact) mass is 406 g/mol.